The molecule has 0 radical (unpaired) electrons. The SMILES string of the molecule is Cc1cccnc1C(=O)NC(CBr)c1ccccc1. The molecule has 2 rings (SSSR count). The molecule has 0 fully saturated rings. The number of pyridine rings is 1. The number of benzene rings is 1. The Bertz CT molecular complexity index is 557. The van der Waals surface area contributed by atoms with E-state index >= 15 is 0 Å². The van der Waals surface area contributed by atoms with Crippen LogP contribution in [0.4, 0.5) is 0 Å². The Labute approximate surface area is 121 Å². The number of rotatable bonds is 4. The van der Waals surface area contributed by atoms with Gasteiger partial charge >= 0.3 is 0 Å². The number of nitrogens with zero attached hydrogens (tertiary/aromatic N) is 1. The first kappa shape index (κ1) is 13.7. The molecular weight excluding hydrogens is 304 g/mol. The zero-order chi connectivity index (χ0) is 13.7. The van der Waals surface area contributed by atoms with E-state index < -0.39 is 0 Å². The summed E-state index contributed by atoms with van der Waals surface area (Å²) in [5, 5.41) is 3.65. The molecule has 0 aliphatic carbocycles. The van der Waals surface area contributed by atoms with Crippen molar-refractivity contribution < 1.29 is 4.79 Å². The summed E-state index contributed by atoms with van der Waals surface area (Å²) in [6.07, 6.45) is 1.63. The van der Waals surface area contributed by atoms with Crippen molar-refractivity contribution in [2.75, 3.05) is 5.33 Å². The molecule has 1 aromatic heterocycles. The van der Waals surface area contributed by atoms with E-state index in [0.717, 1.165) is 11.1 Å². The maximum absolute atomic E-state index is 12.2. The average molecular weight is 319 g/mol. The summed E-state index contributed by atoms with van der Waals surface area (Å²) in [7, 11) is 0. The van der Waals surface area contributed by atoms with Crippen LogP contribution in [0.5, 0.6) is 0 Å². The summed E-state index contributed by atoms with van der Waals surface area (Å²) in [5.41, 5.74) is 2.42. The summed E-state index contributed by atoms with van der Waals surface area (Å²) in [5.74, 6) is -0.147. The van der Waals surface area contributed by atoms with Crippen LogP contribution >= 0.6 is 15.9 Å². The van der Waals surface area contributed by atoms with Gasteiger partial charge in [-0.1, -0.05) is 52.3 Å². The van der Waals surface area contributed by atoms with E-state index in [9.17, 15) is 4.79 Å². The molecule has 98 valence electrons. The molecule has 4 heteroatoms. The minimum Gasteiger partial charge on any atom is -0.343 e. The smallest absolute Gasteiger partial charge is 0.270 e. The largest absolute Gasteiger partial charge is 0.343 e. The second-order valence-corrected chi connectivity index (χ2v) is 4.91. The van der Waals surface area contributed by atoms with Crippen LogP contribution in [0.3, 0.4) is 0 Å². The molecule has 2 aromatic rings. The van der Waals surface area contributed by atoms with Gasteiger partial charge in [-0.15, -0.1) is 0 Å². The standard InChI is InChI=1S/C15H15BrN2O/c1-11-6-5-9-17-14(11)15(19)18-13(10-16)12-7-3-2-4-8-12/h2-9,13H,10H2,1H3,(H,18,19). The Kier molecular flexibility index (Phi) is 4.68. The number of halogens is 1. The zero-order valence-electron chi connectivity index (χ0n) is 10.6. The van der Waals surface area contributed by atoms with Crippen LogP contribution in [-0.2, 0) is 0 Å². The van der Waals surface area contributed by atoms with Gasteiger partial charge in [0.15, 0.2) is 0 Å². The number of aromatic nitrogens is 1. The van der Waals surface area contributed by atoms with E-state index in [1.807, 2.05) is 49.4 Å². The molecule has 3 nitrogen and oxygen atoms in total. The zero-order valence-corrected chi connectivity index (χ0v) is 12.2. The topological polar surface area (TPSA) is 42.0 Å². The number of aryl methyl sites for hydroxylation is 1. The highest BCUT2D eigenvalue weighted by molar-refractivity contribution is 9.09. The second kappa shape index (κ2) is 6.48. The van der Waals surface area contributed by atoms with Gasteiger partial charge in [-0.05, 0) is 24.1 Å². The molecule has 0 aliphatic heterocycles. The van der Waals surface area contributed by atoms with Gasteiger partial charge in [0, 0.05) is 11.5 Å². The summed E-state index contributed by atoms with van der Waals surface area (Å²) < 4.78 is 0. The fourth-order valence-corrected chi connectivity index (χ4v) is 2.38. The van der Waals surface area contributed by atoms with Crippen molar-refractivity contribution in [2.24, 2.45) is 0 Å². The predicted octanol–water partition coefficient (Wildman–Crippen LogP) is 3.26. The maximum Gasteiger partial charge on any atom is 0.270 e. The monoisotopic (exact) mass is 318 g/mol. The number of hydrogen-bond donors (Lipinski definition) is 1. The van der Waals surface area contributed by atoms with Gasteiger partial charge in [0.25, 0.3) is 5.91 Å². The molecule has 1 amide bonds. The van der Waals surface area contributed by atoms with Crippen LogP contribution in [0, 0.1) is 6.92 Å². The van der Waals surface area contributed by atoms with Crippen LogP contribution in [0.2, 0.25) is 0 Å². The van der Waals surface area contributed by atoms with E-state index in [4.69, 9.17) is 0 Å². The molecule has 1 N–H and O–H groups in total. The fraction of sp³-hybridized carbons (Fsp3) is 0.200. The van der Waals surface area contributed by atoms with E-state index in [0.29, 0.717) is 11.0 Å². The molecule has 0 saturated carbocycles. The van der Waals surface area contributed by atoms with E-state index in [-0.39, 0.29) is 11.9 Å². The molecule has 1 aromatic carbocycles. The quantitative estimate of drug-likeness (QED) is 0.879. The Morgan fingerprint density at radius 1 is 1.26 bits per heavy atom. The van der Waals surface area contributed by atoms with Gasteiger partial charge in [0.2, 0.25) is 0 Å². The minimum absolute atomic E-state index is 0.0601. The lowest BCUT2D eigenvalue weighted by Gasteiger charge is -2.17. The third-order valence-corrected chi connectivity index (χ3v) is 3.53. The second-order valence-electron chi connectivity index (χ2n) is 4.26. The lowest BCUT2D eigenvalue weighted by atomic mass is 10.1. The molecule has 1 heterocycles. The number of amides is 1. The van der Waals surface area contributed by atoms with Crippen molar-refractivity contribution in [3.05, 3.63) is 65.5 Å². The molecule has 1 atom stereocenters. The molecule has 19 heavy (non-hydrogen) atoms. The number of nitrogens with one attached hydrogen (secondary N) is 1. The van der Waals surface area contributed by atoms with Crippen LogP contribution in [0.15, 0.2) is 48.7 Å². The van der Waals surface area contributed by atoms with Crippen molar-refractivity contribution in [3.63, 3.8) is 0 Å². The van der Waals surface area contributed by atoms with Gasteiger partial charge in [-0.2, -0.15) is 0 Å². The molecule has 0 aliphatic rings. The molecule has 0 spiro atoms. The third-order valence-electron chi connectivity index (χ3n) is 2.89. The summed E-state index contributed by atoms with van der Waals surface area (Å²) in [6, 6.07) is 13.5. The third kappa shape index (κ3) is 3.41. The first-order valence-electron chi connectivity index (χ1n) is 6.05. The Morgan fingerprint density at radius 2 is 2.00 bits per heavy atom. The summed E-state index contributed by atoms with van der Waals surface area (Å²) in [4.78, 5) is 16.3. The van der Waals surface area contributed by atoms with Gasteiger partial charge in [-0.3, -0.25) is 9.78 Å². The first-order valence-corrected chi connectivity index (χ1v) is 7.18. The molecule has 0 saturated heterocycles. The average Bonchev–Trinajstić information content (AvgIpc) is 2.46. The Morgan fingerprint density at radius 3 is 2.63 bits per heavy atom. The van der Waals surface area contributed by atoms with Crippen molar-refractivity contribution in [1.82, 2.24) is 10.3 Å². The minimum atomic E-state index is -0.147. The van der Waals surface area contributed by atoms with Crippen LogP contribution in [-0.4, -0.2) is 16.2 Å². The van der Waals surface area contributed by atoms with E-state index in [1.54, 1.807) is 6.20 Å². The highest BCUT2D eigenvalue weighted by atomic mass is 79.9. The Balaban J connectivity index is 2.16. The van der Waals surface area contributed by atoms with Crippen LogP contribution in [0.25, 0.3) is 0 Å². The number of alkyl halides is 1. The lowest BCUT2D eigenvalue weighted by molar-refractivity contribution is 0.0935. The highest BCUT2D eigenvalue weighted by Crippen LogP contribution is 2.16. The fourth-order valence-electron chi connectivity index (χ4n) is 1.85. The molecule has 0 bridgehead atoms. The first-order chi connectivity index (χ1) is 9.22. The molecule has 1 unspecified atom stereocenters. The summed E-state index contributed by atoms with van der Waals surface area (Å²) >= 11 is 3.44. The number of carbonyl (C=O) groups is 1. The van der Waals surface area contributed by atoms with Gasteiger partial charge < -0.3 is 5.32 Å². The molecular formula is C15H15BrN2O. The summed E-state index contributed by atoms with van der Waals surface area (Å²) in [6.45, 7) is 1.88. The van der Waals surface area contributed by atoms with E-state index in [2.05, 4.69) is 26.2 Å². The highest BCUT2D eigenvalue weighted by Gasteiger charge is 2.16. The Hall–Kier alpha value is -1.68. The number of carbonyl (C=O) groups excluding carboxylic acids is 1. The number of hydrogen-bond acceptors (Lipinski definition) is 2. The van der Waals surface area contributed by atoms with Gasteiger partial charge in [0.05, 0.1) is 6.04 Å². The van der Waals surface area contributed by atoms with Crippen molar-refractivity contribution in [3.8, 4) is 0 Å². The van der Waals surface area contributed by atoms with Crippen molar-refractivity contribution >= 4 is 21.8 Å². The van der Waals surface area contributed by atoms with Gasteiger partial charge in [0.1, 0.15) is 5.69 Å². The van der Waals surface area contributed by atoms with Gasteiger partial charge in [-0.25, -0.2) is 0 Å². The normalized spacial score (nSPS) is 11.9. The van der Waals surface area contributed by atoms with Crippen molar-refractivity contribution in [2.45, 2.75) is 13.0 Å². The lowest BCUT2D eigenvalue weighted by Crippen LogP contribution is -2.30. The van der Waals surface area contributed by atoms with Crippen molar-refractivity contribution in [1.29, 1.82) is 0 Å². The maximum atomic E-state index is 12.2. The van der Waals surface area contributed by atoms with Crippen LogP contribution < -0.4 is 5.32 Å². The van der Waals surface area contributed by atoms with Crippen LogP contribution in [0.1, 0.15) is 27.7 Å². The van der Waals surface area contributed by atoms with E-state index in [1.165, 1.54) is 0 Å². The predicted molar refractivity (Wildman–Crippen MR) is 79.4 cm³/mol.